The van der Waals surface area contributed by atoms with Gasteiger partial charge in [-0.1, -0.05) is 30.3 Å². The van der Waals surface area contributed by atoms with Gasteiger partial charge in [0.1, 0.15) is 0 Å². The van der Waals surface area contributed by atoms with Crippen molar-refractivity contribution in [2.75, 3.05) is 24.1 Å². The molecule has 2 aromatic carbocycles. The van der Waals surface area contributed by atoms with Crippen molar-refractivity contribution in [1.29, 1.82) is 0 Å². The molecule has 0 aliphatic carbocycles. The molecule has 158 valence electrons. The van der Waals surface area contributed by atoms with Crippen molar-refractivity contribution in [3.63, 3.8) is 0 Å². The third-order valence-corrected chi connectivity index (χ3v) is 5.87. The SMILES string of the molecule is Nc1ccccc1NC(=O)c1nc2c(s1)CN(C(C[N+](=O)[O-])=Nc1ccccc1)CC2. The van der Waals surface area contributed by atoms with E-state index < -0.39 is 0 Å². The number of fused-ring (bicyclic) bond motifs is 1. The van der Waals surface area contributed by atoms with Gasteiger partial charge >= 0.3 is 0 Å². The maximum atomic E-state index is 12.6. The number of benzene rings is 2. The maximum absolute atomic E-state index is 12.6. The average Bonchev–Trinajstić information content (AvgIpc) is 3.19. The maximum Gasteiger partial charge on any atom is 0.284 e. The normalized spacial score (nSPS) is 13.5. The van der Waals surface area contributed by atoms with Crippen LogP contribution < -0.4 is 11.1 Å². The van der Waals surface area contributed by atoms with Crippen LogP contribution >= 0.6 is 11.3 Å². The summed E-state index contributed by atoms with van der Waals surface area (Å²) in [4.78, 5) is 35.2. The van der Waals surface area contributed by atoms with Gasteiger partial charge < -0.3 is 16.0 Å². The minimum Gasteiger partial charge on any atom is -0.397 e. The first kappa shape index (κ1) is 20.5. The number of anilines is 2. The van der Waals surface area contributed by atoms with E-state index >= 15 is 0 Å². The summed E-state index contributed by atoms with van der Waals surface area (Å²) in [5.41, 5.74) is 8.40. The predicted molar refractivity (Wildman–Crippen MR) is 120 cm³/mol. The Hall–Kier alpha value is -3.79. The van der Waals surface area contributed by atoms with Gasteiger partial charge in [0.25, 0.3) is 12.5 Å². The summed E-state index contributed by atoms with van der Waals surface area (Å²) in [5, 5.41) is 14.3. The molecule has 0 bridgehead atoms. The van der Waals surface area contributed by atoms with Crippen molar-refractivity contribution in [2.45, 2.75) is 13.0 Å². The van der Waals surface area contributed by atoms with Crippen LogP contribution in [0, 0.1) is 10.1 Å². The van der Waals surface area contributed by atoms with Crippen LogP contribution in [-0.2, 0) is 13.0 Å². The first-order valence-corrected chi connectivity index (χ1v) is 10.4. The van der Waals surface area contributed by atoms with E-state index in [9.17, 15) is 14.9 Å². The lowest BCUT2D eigenvalue weighted by molar-refractivity contribution is -0.464. The number of nitrogens with one attached hydrogen (secondary N) is 1. The Morgan fingerprint density at radius 3 is 2.71 bits per heavy atom. The average molecular weight is 436 g/mol. The lowest BCUT2D eigenvalue weighted by Gasteiger charge is -2.27. The fourth-order valence-corrected chi connectivity index (χ4v) is 4.29. The Morgan fingerprint density at radius 2 is 1.97 bits per heavy atom. The lowest BCUT2D eigenvalue weighted by atomic mass is 10.1. The van der Waals surface area contributed by atoms with Gasteiger partial charge in [-0.05, 0) is 24.3 Å². The number of carbonyl (C=O) groups is 1. The minimum absolute atomic E-state index is 0.327. The molecular weight excluding hydrogens is 416 g/mol. The van der Waals surface area contributed by atoms with Crippen LogP contribution in [0.3, 0.4) is 0 Å². The molecule has 0 atom stereocenters. The Kier molecular flexibility index (Phi) is 5.89. The molecule has 1 aromatic heterocycles. The van der Waals surface area contributed by atoms with Gasteiger partial charge in [-0.25, -0.2) is 9.98 Å². The summed E-state index contributed by atoms with van der Waals surface area (Å²) in [5.74, 6) is 0.0608. The topological polar surface area (TPSA) is 127 Å². The molecule has 31 heavy (non-hydrogen) atoms. The molecule has 0 radical (unpaired) electrons. The Morgan fingerprint density at radius 1 is 1.23 bits per heavy atom. The van der Waals surface area contributed by atoms with Crippen LogP contribution in [0.5, 0.6) is 0 Å². The first-order valence-electron chi connectivity index (χ1n) is 9.63. The standard InChI is InChI=1S/C21H20N6O3S/c22-15-8-4-5-9-16(15)24-20(28)21-25-17-10-11-26(12-18(17)31-21)19(13-27(29)30)23-14-6-2-1-3-7-14/h1-9H,10-13,22H2,(H,24,28). The molecule has 0 fully saturated rings. The number of carbonyl (C=O) groups excluding carboxylic acids is 1. The molecule has 1 aliphatic rings. The van der Waals surface area contributed by atoms with Crippen molar-refractivity contribution in [3.05, 3.63) is 80.3 Å². The van der Waals surface area contributed by atoms with Crippen molar-refractivity contribution >= 4 is 40.1 Å². The summed E-state index contributed by atoms with van der Waals surface area (Å²) in [7, 11) is 0. The molecule has 1 amide bonds. The highest BCUT2D eigenvalue weighted by atomic mass is 32.1. The van der Waals surface area contributed by atoms with Gasteiger partial charge in [0.05, 0.1) is 29.3 Å². The minimum atomic E-state index is -0.382. The second kappa shape index (κ2) is 8.92. The zero-order chi connectivity index (χ0) is 21.8. The van der Waals surface area contributed by atoms with Crippen LogP contribution in [0.25, 0.3) is 0 Å². The van der Waals surface area contributed by atoms with Gasteiger partial charge in [0.2, 0.25) is 0 Å². The van der Waals surface area contributed by atoms with E-state index in [-0.39, 0.29) is 17.4 Å². The second-order valence-electron chi connectivity index (χ2n) is 6.96. The number of aliphatic imine (C=N–C) groups is 1. The number of amides is 1. The number of aromatic nitrogens is 1. The van der Waals surface area contributed by atoms with Crippen molar-refractivity contribution in [2.24, 2.45) is 4.99 Å². The van der Waals surface area contributed by atoms with Crippen molar-refractivity contribution in [1.82, 2.24) is 9.88 Å². The zero-order valence-corrected chi connectivity index (χ0v) is 17.3. The predicted octanol–water partition coefficient (Wildman–Crippen LogP) is 3.34. The molecule has 0 spiro atoms. The highest BCUT2D eigenvalue weighted by Gasteiger charge is 2.27. The first-order chi connectivity index (χ1) is 15.0. The van der Waals surface area contributed by atoms with Crippen molar-refractivity contribution < 1.29 is 9.72 Å². The van der Waals surface area contributed by atoms with Crippen LogP contribution in [0.15, 0.2) is 59.6 Å². The number of nitrogen functional groups attached to an aromatic ring is 1. The molecule has 9 nitrogen and oxygen atoms in total. The highest BCUT2D eigenvalue weighted by molar-refractivity contribution is 7.13. The number of hydrogen-bond donors (Lipinski definition) is 2. The quantitative estimate of drug-likeness (QED) is 0.208. The summed E-state index contributed by atoms with van der Waals surface area (Å²) < 4.78 is 0. The second-order valence-corrected chi connectivity index (χ2v) is 8.04. The number of nitrogens with zero attached hydrogens (tertiary/aromatic N) is 4. The van der Waals surface area contributed by atoms with Gasteiger partial charge in [-0.3, -0.25) is 14.9 Å². The molecule has 10 heteroatoms. The van der Waals surface area contributed by atoms with Crippen LogP contribution in [-0.4, -0.2) is 39.6 Å². The monoisotopic (exact) mass is 436 g/mol. The molecule has 0 saturated carbocycles. The van der Waals surface area contributed by atoms with Crippen LogP contribution in [0.2, 0.25) is 0 Å². The summed E-state index contributed by atoms with van der Waals surface area (Å²) in [6.07, 6.45) is 0.581. The fourth-order valence-electron chi connectivity index (χ4n) is 3.27. The molecule has 4 rings (SSSR count). The Bertz CT molecular complexity index is 1150. The molecular formula is C21H20N6O3S. The van der Waals surface area contributed by atoms with E-state index in [1.807, 2.05) is 23.1 Å². The largest absolute Gasteiger partial charge is 0.397 e. The van der Waals surface area contributed by atoms with E-state index in [0.29, 0.717) is 47.4 Å². The van der Waals surface area contributed by atoms with Crippen molar-refractivity contribution in [3.8, 4) is 0 Å². The molecule has 3 aromatic rings. The summed E-state index contributed by atoms with van der Waals surface area (Å²) >= 11 is 1.28. The molecule has 0 unspecified atom stereocenters. The highest BCUT2D eigenvalue weighted by Crippen LogP contribution is 2.27. The molecule has 3 N–H and O–H groups in total. The smallest absolute Gasteiger partial charge is 0.284 e. The van der Waals surface area contributed by atoms with E-state index in [1.165, 1.54) is 11.3 Å². The van der Waals surface area contributed by atoms with Gasteiger partial charge in [-0.15, -0.1) is 11.3 Å². The number of para-hydroxylation sites is 3. The van der Waals surface area contributed by atoms with E-state index in [1.54, 1.807) is 36.4 Å². The van der Waals surface area contributed by atoms with Gasteiger partial charge in [-0.2, -0.15) is 0 Å². The Balaban J connectivity index is 1.53. The van der Waals surface area contributed by atoms with E-state index in [4.69, 9.17) is 5.73 Å². The molecule has 0 saturated heterocycles. The number of nitrogens with two attached hydrogens (primary N) is 1. The Labute approximate surface area is 182 Å². The van der Waals surface area contributed by atoms with Crippen LogP contribution in [0.4, 0.5) is 17.1 Å². The number of nitro groups is 1. The number of hydrogen-bond acceptors (Lipinski definition) is 7. The third-order valence-electron chi connectivity index (χ3n) is 4.78. The summed E-state index contributed by atoms with van der Waals surface area (Å²) in [6.45, 7) is 0.597. The van der Waals surface area contributed by atoms with Gasteiger partial charge in [0, 0.05) is 22.8 Å². The van der Waals surface area contributed by atoms with Crippen LogP contribution in [0.1, 0.15) is 20.4 Å². The number of thiazole rings is 1. The fraction of sp³-hybridized carbons (Fsp3) is 0.190. The lowest BCUT2D eigenvalue weighted by Crippen LogP contribution is -2.39. The van der Waals surface area contributed by atoms with E-state index in [2.05, 4.69) is 15.3 Å². The summed E-state index contributed by atoms with van der Waals surface area (Å²) in [6, 6.07) is 16.2. The number of amidine groups is 1. The third kappa shape index (κ3) is 4.86. The zero-order valence-electron chi connectivity index (χ0n) is 16.5. The molecule has 2 heterocycles. The molecule has 1 aliphatic heterocycles. The van der Waals surface area contributed by atoms with E-state index in [0.717, 1.165) is 10.6 Å². The number of rotatable bonds is 5. The van der Waals surface area contributed by atoms with Gasteiger partial charge in [0.15, 0.2) is 10.8 Å².